The zero-order valence-corrected chi connectivity index (χ0v) is 13.6. The van der Waals surface area contributed by atoms with Crippen molar-refractivity contribution in [1.82, 2.24) is 4.98 Å². The molecule has 114 valence electrons. The van der Waals surface area contributed by atoms with Crippen LogP contribution in [0.3, 0.4) is 0 Å². The highest BCUT2D eigenvalue weighted by Gasteiger charge is 2.29. The van der Waals surface area contributed by atoms with Gasteiger partial charge < -0.3 is 10.5 Å². The number of nitrogens with zero attached hydrogens (tertiary/aromatic N) is 1. The van der Waals surface area contributed by atoms with Gasteiger partial charge in [0.1, 0.15) is 0 Å². The molecule has 1 fully saturated rings. The summed E-state index contributed by atoms with van der Waals surface area (Å²) in [4.78, 5) is 5.65. The predicted molar refractivity (Wildman–Crippen MR) is 85.1 cm³/mol. The van der Waals surface area contributed by atoms with Gasteiger partial charge in [-0.25, -0.2) is 4.98 Å². The van der Waals surface area contributed by atoms with Gasteiger partial charge in [0.05, 0.1) is 23.9 Å². The number of hydrogen-bond donors (Lipinski definition) is 1. The first-order valence-corrected chi connectivity index (χ1v) is 8.83. The molecule has 3 unspecified atom stereocenters. The second kappa shape index (κ2) is 8.11. The Bertz CT molecular complexity index is 394. The number of nitrogens with two attached hydrogens (primary N) is 1. The standard InChI is InChI=1S/C16H28N2OS/c1-3-4-13-5-6-14(10-17)15(9-13)19-8-7-16-12(2)18-11-20-16/h11,13-15H,3-10,17H2,1-2H3. The normalized spacial score (nSPS) is 26.9. The van der Waals surface area contributed by atoms with Crippen molar-refractivity contribution in [2.45, 2.75) is 58.5 Å². The molecule has 0 saturated heterocycles. The largest absolute Gasteiger partial charge is 0.377 e. The molecule has 0 spiro atoms. The summed E-state index contributed by atoms with van der Waals surface area (Å²) in [6, 6.07) is 0. The van der Waals surface area contributed by atoms with Crippen LogP contribution in [-0.4, -0.2) is 24.2 Å². The quantitative estimate of drug-likeness (QED) is 0.837. The van der Waals surface area contributed by atoms with E-state index in [0.29, 0.717) is 12.0 Å². The van der Waals surface area contributed by atoms with E-state index in [1.807, 2.05) is 5.51 Å². The van der Waals surface area contributed by atoms with E-state index >= 15 is 0 Å². The van der Waals surface area contributed by atoms with Crippen molar-refractivity contribution < 1.29 is 4.74 Å². The summed E-state index contributed by atoms with van der Waals surface area (Å²) in [5, 5.41) is 0. The second-order valence-corrected chi connectivity index (χ2v) is 6.92. The van der Waals surface area contributed by atoms with Crippen LogP contribution in [0.4, 0.5) is 0 Å². The number of hydrogen-bond acceptors (Lipinski definition) is 4. The lowest BCUT2D eigenvalue weighted by molar-refractivity contribution is -0.0229. The number of ether oxygens (including phenoxy) is 1. The van der Waals surface area contributed by atoms with E-state index in [1.165, 1.54) is 37.0 Å². The van der Waals surface area contributed by atoms with Crippen LogP contribution in [0.15, 0.2) is 5.51 Å². The maximum absolute atomic E-state index is 6.19. The molecule has 0 aliphatic heterocycles. The smallest absolute Gasteiger partial charge is 0.0797 e. The number of thiazole rings is 1. The minimum Gasteiger partial charge on any atom is -0.377 e. The Morgan fingerprint density at radius 3 is 2.95 bits per heavy atom. The maximum atomic E-state index is 6.19. The fraction of sp³-hybridized carbons (Fsp3) is 0.812. The summed E-state index contributed by atoms with van der Waals surface area (Å²) in [5.74, 6) is 1.41. The van der Waals surface area contributed by atoms with Crippen LogP contribution < -0.4 is 5.73 Å². The van der Waals surface area contributed by atoms with Gasteiger partial charge in [-0.2, -0.15) is 0 Å². The van der Waals surface area contributed by atoms with Gasteiger partial charge in [0, 0.05) is 11.3 Å². The molecular formula is C16H28N2OS. The van der Waals surface area contributed by atoms with Crippen LogP contribution in [0.2, 0.25) is 0 Å². The highest BCUT2D eigenvalue weighted by molar-refractivity contribution is 7.09. The molecule has 0 radical (unpaired) electrons. The molecule has 0 aromatic carbocycles. The lowest BCUT2D eigenvalue weighted by atomic mass is 9.78. The van der Waals surface area contributed by atoms with E-state index in [1.54, 1.807) is 11.3 Å². The molecule has 0 bridgehead atoms. The van der Waals surface area contributed by atoms with E-state index in [0.717, 1.165) is 31.2 Å². The molecule has 1 aromatic rings. The first-order valence-electron chi connectivity index (χ1n) is 7.95. The Hall–Kier alpha value is -0.450. The third-order valence-electron chi connectivity index (χ3n) is 4.54. The lowest BCUT2D eigenvalue weighted by Gasteiger charge is -2.35. The van der Waals surface area contributed by atoms with E-state index in [-0.39, 0.29) is 0 Å². The van der Waals surface area contributed by atoms with E-state index in [2.05, 4.69) is 18.8 Å². The topological polar surface area (TPSA) is 48.1 Å². The lowest BCUT2D eigenvalue weighted by Crippen LogP contribution is -2.36. The highest BCUT2D eigenvalue weighted by Crippen LogP contribution is 2.33. The molecule has 20 heavy (non-hydrogen) atoms. The third kappa shape index (κ3) is 4.27. The SMILES string of the molecule is CCCC1CCC(CN)C(OCCc2scnc2C)C1. The summed E-state index contributed by atoms with van der Waals surface area (Å²) in [6.45, 7) is 5.93. The van der Waals surface area contributed by atoms with Crippen LogP contribution in [0.25, 0.3) is 0 Å². The minimum atomic E-state index is 0.374. The molecule has 0 amide bonds. The summed E-state index contributed by atoms with van der Waals surface area (Å²) >= 11 is 1.74. The zero-order valence-electron chi connectivity index (χ0n) is 12.8. The van der Waals surface area contributed by atoms with Crippen LogP contribution in [0.5, 0.6) is 0 Å². The average Bonchev–Trinajstić information content (AvgIpc) is 2.85. The number of rotatable bonds is 7. The number of aryl methyl sites for hydroxylation is 1. The van der Waals surface area contributed by atoms with Crippen molar-refractivity contribution in [3.05, 3.63) is 16.1 Å². The van der Waals surface area contributed by atoms with Gasteiger partial charge >= 0.3 is 0 Å². The summed E-state index contributed by atoms with van der Waals surface area (Å²) < 4.78 is 6.19. The molecule has 1 aliphatic carbocycles. The molecule has 3 atom stereocenters. The monoisotopic (exact) mass is 296 g/mol. The Labute approximate surface area is 126 Å². The molecular weight excluding hydrogens is 268 g/mol. The van der Waals surface area contributed by atoms with Crippen molar-refractivity contribution in [1.29, 1.82) is 0 Å². The van der Waals surface area contributed by atoms with Crippen molar-refractivity contribution in [2.75, 3.05) is 13.2 Å². The minimum absolute atomic E-state index is 0.374. The predicted octanol–water partition coefficient (Wildman–Crippen LogP) is 3.55. The van der Waals surface area contributed by atoms with Gasteiger partial charge in [0.2, 0.25) is 0 Å². The van der Waals surface area contributed by atoms with Gasteiger partial charge in [0.25, 0.3) is 0 Å². The summed E-state index contributed by atoms with van der Waals surface area (Å²) in [7, 11) is 0. The van der Waals surface area contributed by atoms with Crippen LogP contribution in [0.1, 0.15) is 49.6 Å². The molecule has 1 saturated carbocycles. The van der Waals surface area contributed by atoms with Crippen LogP contribution in [-0.2, 0) is 11.2 Å². The van der Waals surface area contributed by atoms with Crippen molar-refractivity contribution >= 4 is 11.3 Å². The van der Waals surface area contributed by atoms with Crippen LogP contribution >= 0.6 is 11.3 Å². The number of aromatic nitrogens is 1. The van der Waals surface area contributed by atoms with Crippen LogP contribution in [0, 0.1) is 18.8 Å². The molecule has 1 heterocycles. The van der Waals surface area contributed by atoms with Crippen molar-refractivity contribution in [3.8, 4) is 0 Å². The third-order valence-corrected chi connectivity index (χ3v) is 5.54. The summed E-state index contributed by atoms with van der Waals surface area (Å²) in [5.41, 5.74) is 8.99. The maximum Gasteiger partial charge on any atom is 0.0797 e. The Morgan fingerprint density at radius 1 is 1.45 bits per heavy atom. The fourth-order valence-corrected chi connectivity index (χ4v) is 4.05. The Kier molecular flexibility index (Phi) is 6.46. The second-order valence-electron chi connectivity index (χ2n) is 5.98. The molecule has 4 heteroatoms. The fourth-order valence-electron chi connectivity index (χ4n) is 3.29. The van der Waals surface area contributed by atoms with Gasteiger partial charge in [-0.05, 0) is 44.6 Å². The van der Waals surface area contributed by atoms with E-state index in [9.17, 15) is 0 Å². The molecule has 1 aliphatic rings. The molecule has 1 aromatic heterocycles. The van der Waals surface area contributed by atoms with E-state index < -0.39 is 0 Å². The zero-order chi connectivity index (χ0) is 14.4. The average molecular weight is 296 g/mol. The van der Waals surface area contributed by atoms with Crippen molar-refractivity contribution in [2.24, 2.45) is 17.6 Å². The van der Waals surface area contributed by atoms with Gasteiger partial charge in [-0.15, -0.1) is 11.3 Å². The Morgan fingerprint density at radius 2 is 2.30 bits per heavy atom. The Balaban J connectivity index is 1.80. The van der Waals surface area contributed by atoms with Gasteiger partial charge in [-0.3, -0.25) is 0 Å². The van der Waals surface area contributed by atoms with Crippen molar-refractivity contribution in [3.63, 3.8) is 0 Å². The van der Waals surface area contributed by atoms with Gasteiger partial charge in [-0.1, -0.05) is 19.8 Å². The first kappa shape index (κ1) is 15.9. The summed E-state index contributed by atoms with van der Waals surface area (Å²) in [6.07, 6.45) is 7.77. The first-order chi connectivity index (χ1) is 9.74. The van der Waals surface area contributed by atoms with E-state index in [4.69, 9.17) is 10.5 Å². The molecule has 2 rings (SSSR count). The molecule has 2 N–H and O–H groups in total. The highest BCUT2D eigenvalue weighted by atomic mass is 32.1. The molecule has 3 nitrogen and oxygen atoms in total. The van der Waals surface area contributed by atoms with Gasteiger partial charge in [0.15, 0.2) is 0 Å².